The van der Waals surface area contributed by atoms with Crippen LogP contribution in [-0.2, 0) is 10.0 Å². The van der Waals surface area contributed by atoms with E-state index < -0.39 is 10.0 Å². The maximum absolute atomic E-state index is 12.5. The highest BCUT2D eigenvalue weighted by atomic mass is 35.5. The maximum atomic E-state index is 12.5. The second kappa shape index (κ2) is 5.01. The molecule has 3 aromatic rings. The van der Waals surface area contributed by atoms with Gasteiger partial charge in [0.2, 0.25) is 0 Å². The number of H-pyrrole nitrogens is 1. The maximum Gasteiger partial charge on any atom is 0.265 e. The summed E-state index contributed by atoms with van der Waals surface area (Å²) in [6.07, 6.45) is 1.46. The van der Waals surface area contributed by atoms with Gasteiger partial charge in [-0.2, -0.15) is 0 Å². The van der Waals surface area contributed by atoms with E-state index in [9.17, 15) is 8.42 Å². The molecular weight excluding hydrogens is 330 g/mol. The lowest BCUT2D eigenvalue weighted by Gasteiger charge is -2.03. The number of aromatic nitrogens is 2. The van der Waals surface area contributed by atoms with Gasteiger partial charge in [-0.05, 0) is 32.0 Å². The molecule has 110 valence electrons. The van der Waals surface area contributed by atoms with Crippen molar-refractivity contribution in [1.82, 2.24) is 9.97 Å². The molecule has 0 amide bonds. The minimum atomic E-state index is -3.69. The first-order chi connectivity index (χ1) is 9.87. The van der Waals surface area contributed by atoms with E-state index in [-0.39, 0.29) is 4.90 Å². The van der Waals surface area contributed by atoms with Gasteiger partial charge in [-0.3, -0.25) is 4.72 Å². The van der Waals surface area contributed by atoms with Crippen LogP contribution in [0.5, 0.6) is 0 Å². The number of halogens is 1. The quantitative estimate of drug-likeness (QED) is 0.762. The molecule has 0 aliphatic rings. The van der Waals surface area contributed by atoms with E-state index in [4.69, 9.17) is 11.6 Å². The van der Waals surface area contributed by atoms with Crippen LogP contribution in [0.4, 0.5) is 5.13 Å². The summed E-state index contributed by atoms with van der Waals surface area (Å²) in [7, 11) is -3.69. The van der Waals surface area contributed by atoms with Crippen molar-refractivity contribution in [2.24, 2.45) is 0 Å². The molecule has 0 aliphatic heterocycles. The Bertz CT molecular complexity index is 909. The second-order valence-corrected chi connectivity index (χ2v) is 7.90. The monoisotopic (exact) mass is 341 g/mol. The van der Waals surface area contributed by atoms with E-state index in [1.807, 2.05) is 13.8 Å². The first-order valence-corrected chi connectivity index (χ1v) is 8.78. The smallest absolute Gasteiger partial charge is 0.265 e. The highest BCUT2D eigenvalue weighted by molar-refractivity contribution is 7.93. The third-order valence-corrected chi connectivity index (χ3v) is 5.88. The van der Waals surface area contributed by atoms with Crippen LogP contribution in [0.15, 0.2) is 29.3 Å². The van der Waals surface area contributed by atoms with Crippen LogP contribution >= 0.6 is 22.9 Å². The van der Waals surface area contributed by atoms with Gasteiger partial charge in [-0.25, -0.2) is 13.4 Å². The largest absolute Gasteiger partial charge is 0.360 e. The molecule has 2 aromatic heterocycles. The summed E-state index contributed by atoms with van der Waals surface area (Å²) < 4.78 is 27.5. The number of anilines is 1. The lowest BCUT2D eigenvalue weighted by Crippen LogP contribution is -2.12. The van der Waals surface area contributed by atoms with Crippen molar-refractivity contribution >= 4 is 49.0 Å². The highest BCUT2D eigenvalue weighted by Gasteiger charge is 2.20. The number of aromatic amines is 1. The Kier molecular flexibility index (Phi) is 3.43. The molecular formula is C13H12ClN3O2S2. The van der Waals surface area contributed by atoms with Gasteiger partial charge in [-0.15, -0.1) is 11.3 Å². The van der Waals surface area contributed by atoms with Gasteiger partial charge in [0.25, 0.3) is 10.0 Å². The normalized spacial score (nSPS) is 12.0. The summed E-state index contributed by atoms with van der Waals surface area (Å²) in [6.45, 7) is 3.75. The molecule has 0 unspecified atom stereocenters. The number of hydrogen-bond acceptors (Lipinski definition) is 4. The minimum Gasteiger partial charge on any atom is -0.360 e. The molecule has 0 aliphatic carbocycles. The lowest BCUT2D eigenvalue weighted by molar-refractivity contribution is 0.602. The molecule has 8 heteroatoms. The first kappa shape index (κ1) is 14.4. The molecule has 0 spiro atoms. The predicted molar refractivity (Wildman–Crippen MR) is 85.7 cm³/mol. The van der Waals surface area contributed by atoms with E-state index in [2.05, 4.69) is 14.7 Å². The predicted octanol–water partition coefficient (Wildman–Crippen LogP) is 3.70. The SMILES string of the molecule is Cc1nc(NS(=O)(=O)c2c[nH]c3cc(Cl)ccc23)sc1C. The topological polar surface area (TPSA) is 74.8 Å². The number of rotatable bonds is 3. The Morgan fingerprint density at radius 3 is 2.76 bits per heavy atom. The van der Waals surface area contributed by atoms with E-state index in [0.29, 0.717) is 21.1 Å². The molecule has 0 atom stereocenters. The molecule has 5 nitrogen and oxygen atoms in total. The van der Waals surface area contributed by atoms with Crippen molar-refractivity contribution in [3.05, 3.63) is 40.0 Å². The van der Waals surface area contributed by atoms with Crippen LogP contribution in [-0.4, -0.2) is 18.4 Å². The van der Waals surface area contributed by atoms with Gasteiger partial charge in [-0.1, -0.05) is 11.6 Å². The minimum absolute atomic E-state index is 0.180. The molecule has 0 saturated carbocycles. The molecule has 0 fully saturated rings. The first-order valence-electron chi connectivity index (χ1n) is 6.10. The van der Waals surface area contributed by atoms with E-state index in [0.717, 1.165) is 10.6 Å². The van der Waals surface area contributed by atoms with Crippen LogP contribution in [0.1, 0.15) is 10.6 Å². The van der Waals surface area contributed by atoms with Gasteiger partial charge in [0.15, 0.2) is 5.13 Å². The Labute approximate surface area is 131 Å². The fourth-order valence-electron chi connectivity index (χ4n) is 1.98. The second-order valence-electron chi connectivity index (χ2n) is 4.61. The summed E-state index contributed by atoms with van der Waals surface area (Å²) in [6, 6.07) is 5.03. The fourth-order valence-corrected chi connectivity index (χ4v) is 4.38. The average Bonchev–Trinajstić information content (AvgIpc) is 2.93. The van der Waals surface area contributed by atoms with Gasteiger partial charge in [0.1, 0.15) is 4.90 Å². The fraction of sp³-hybridized carbons (Fsp3) is 0.154. The summed E-state index contributed by atoms with van der Waals surface area (Å²) in [5, 5.41) is 1.51. The molecule has 0 bridgehead atoms. The Morgan fingerprint density at radius 1 is 1.33 bits per heavy atom. The lowest BCUT2D eigenvalue weighted by atomic mass is 10.2. The van der Waals surface area contributed by atoms with Crippen molar-refractivity contribution in [2.75, 3.05) is 4.72 Å². The zero-order chi connectivity index (χ0) is 15.2. The molecule has 21 heavy (non-hydrogen) atoms. The third-order valence-electron chi connectivity index (χ3n) is 3.15. The summed E-state index contributed by atoms with van der Waals surface area (Å²) in [5.74, 6) is 0. The number of sulfonamides is 1. The van der Waals surface area contributed by atoms with Crippen LogP contribution in [0, 0.1) is 13.8 Å². The number of aryl methyl sites for hydroxylation is 2. The van der Waals surface area contributed by atoms with E-state index >= 15 is 0 Å². The van der Waals surface area contributed by atoms with Crippen LogP contribution in [0.25, 0.3) is 10.9 Å². The molecule has 1 aromatic carbocycles. The summed E-state index contributed by atoms with van der Waals surface area (Å²) in [4.78, 5) is 8.28. The Morgan fingerprint density at radius 2 is 2.10 bits per heavy atom. The van der Waals surface area contributed by atoms with Crippen molar-refractivity contribution in [2.45, 2.75) is 18.7 Å². The van der Waals surface area contributed by atoms with Crippen molar-refractivity contribution in [1.29, 1.82) is 0 Å². The van der Waals surface area contributed by atoms with E-state index in [1.54, 1.807) is 18.2 Å². The third kappa shape index (κ3) is 2.64. The van der Waals surface area contributed by atoms with Crippen molar-refractivity contribution < 1.29 is 8.42 Å². The van der Waals surface area contributed by atoms with Gasteiger partial charge in [0, 0.05) is 27.0 Å². The molecule has 0 saturated heterocycles. The average molecular weight is 342 g/mol. The van der Waals surface area contributed by atoms with Gasteiger partial charge in [0.05, 0.1) is 5.69 Å². The molecule has 0 radical (unpaired) electrons. The number of nitrogens with zero attached hydrogens (tertiary/aromatic N) is 1. The molecule has 2 heterocycles. The number of nitrogens with one attached hydrogen (secondary N) is 2. The summed E-state index contributed by atoms with van der Waals surface area (Å²) >= 11 is 7.21. The zero-order valence-corrected chi connectivity index (χ0v) is 13.7. The Hall–Kier alpha value is -1.57. The standard InChI is InChI=1S/C13H12ClN3O2S2/c1-7-8(2)20-13(16-7)17-21(18,19)12-6-15-11-5-9(14)3-4-10(11)12/h3-6,15H,1-2H3,(H,16,17). The van der Waals surface area contributed by atoms with Crippen LogP contribution < -0.4 is 4.72 Å². The molecule has 2 N–H and O–H groups in total. The number of hydrogen-bond donors (Lipinski definition) is 2. The van der Waals surface area contributed by atoms with Crippen molar-refractivity contribution in [3.8, 4) is 0 Å². The van der Waals surface area contributed by atoms with Crippen molar-refractivity contribution in [3.63, 3.8) is 0 Å². The number of thiazole rings is 1. The zero-order valence-electron chi connectivity index (χ0n) is 11.3. The van der Waals surface area contributed by atoms with Gasteiger partial charge >= 0.3 is 0 Å². The number of benzene rings is 1. The van der Waals surface area contributed by atoms with E-state index in [1.165, 1.54) is 17.5 Å². The molecule has 3 rings (SSSR count). The summed E-state index contributed by atoms with van der Waals surface area (Å²) in [5.41, 5.74) is 1.50. The Balaban J connectivity index is 2.04. The highest BCUT2D eigenvalue weighted by Crippen LogP contribution is 2.28. The van der Waals surface area contributed by atoms with Crippen LogP contribution in [0.2, 0.25) is 5.02 Å². The number of fused-ring (bicyclic) bond motifs is 1. The van der Waals surface area contributed by atoms with Crippen LogP contribution in [0.3, 0.4) is 0 Å². The van der Waals surface area contributed by atoms with Gasteiger partial charge < -0.3 is 4.98 Å².